The third kappa shape index (κ3) is 5.71. The van der Waals surface area contributed by atoms with Crippen molar-refractivity contribution >= 4 is 17.5 Å². The Kier molecular flexibility index (Phi) is 6.56. The second-order valence-electron chi connectivity index (χ2n) is 5.23. The van der Waals surface area contributed by atoms with Gasteiger partial charge in [-0.05, 0) is 32.4 Å². The molecule has 0 aliphatic rings. The van der Waals surface area contributed by atoms with Gasteiger partial charge in [0, 0.05) is 20.3 Å². The zero-order valence-corrected chi connectivity index (χ0v) is 13.7. The van der Waals surface area contributed by atoms with Gasteiger partial charge in [0.05, 0.1) is 18.0 Å². The van der Waals surface area contributed by atoms with Gasteiger partial charge in [-0.2, -0.15) is 10.1 Å². The molecular weight excluding hydrogens is 294 g/mol. The summed E-state index contributed by atoms with van der Waals surface area (Å²) in [6, 6.07) is 7.67. The standard InChI is InChI=1S/C16H23N5O2/c1-12(2)23-14-8-5-4-7-13(14)19-16-20-15(11-18-21-16)17-9-6-10-22-3/h4-5,7-8,11-12H,6,9-10H2,1-3H3,(H2,17,19,20,21). The van der Waals surface area contributed by atoms with Gasteiger partial charge in [0.25, 0.3) is 0 Å². The average Bonchev–Trinajstić information content (AvgIpc) is 2.53. The predicted molar refractivity (Wildman–Crippen MR) is 90.3 cm³/mol. The summed E-state index contributed by atoms with van der Waals surface area (Å²) in [5.74, 6) is 1.84. The van der Waals surface area contributed by atoms with E-state index in [-0.39, 0.29) is 6.10 Å². The first-order chi connectivity index (χ1) is 11.2. The highest BCUT2D eigenvalue weighted by Crippen LogP contribution is 2.27. The number of hydrogen-bond acceptors (Lipinski definition) is 7. The minimum absolute atomic E-state index is 0.0887. The third-order valence-corrected chi connectivity index (χ3v) is 2.89. The Morgan fingerprint density at radius 2 is 2.04 bits per heavy atom. The van der Waals surface area contributed by atoms with Crippen LogP contribution in [0.3, 0.4) is 0 Å². The molecule has 0 aliphatic carbocycles. The molecule has 7 heteroatoms. The Labute approximate surface area is 136 Å². The first kappa shape index (κ1) is 17.0. The van der Waals surface area contributed by atoms with Crippen molar-refractivity contribution in [2.24, 2.45) is 0 Å². The molecule has 0 radical (unpaired) electrons. The minimum Gasteiger partial charge on any atom is -0.489 e. The lowest BCUT2D eigenvalue weighted by Gasteiger charge is -2.14. The molecule has 0 saturated carbocycles. The minimum atomic E-state index is 0.0887. The summed E-state index contributed by atoms with van der Waals surface area (Å²) in [6.07, 6.45) is 2.58. The molecular formula is C16H23N5O2. The molecule has 0 fully saturated rings. The highest BCUT2D eigenvalue weighted by molar-refractivity contribution is 5.62. The van der Waals surface area contributed by atoms with Gasteiger partial charge in [0.2, 0.25) is 5.95 Å². The van der Waals surface area contributed by atoms with E-state index in [1.54, 1.807) is 13.3 Å². The van der Waals surface area contributed by atoms with Crippen LogP contribution < -0.4 is 15.4 Å². The van der Waals surface area contributed by atoms with E-state index in [0.717, 1.165) is 24.4 Å². The van der Waals surface area contributed by atoms with Gasteiger partial charge in [-0.25, -0.2) is 0 Å². The number of para-hydroxylation sites is 2. The highest BCUT2D eigenvalue weighted by Gasteiger charge is 2.07. The molecule has 2 rings (SSSR count). The van der Waals surface area contributed by atoms with Crippen LogP contribution in [0.5, 0.6) is 5.75 Å². The van der Waals surface area contributed by atoms with Crippen LogP contribution in [0.15, 0.2) is 30.5 Å². The summed E-state index contributed by atoms with van der Waals surface area (Å²) in [5.41, 5.74) is 0.805. The van der Waals surface area contributed by atoms with Gasteiger partial charge in [-0.15, -0.1) is 5.10 Å². The normalized spacial score (nSPS) is 10.6. The Hall–Kier alpha value is -2.41. The Bertz CT molecular complexity index is 607. The molecule has 1 heterocycles. The maximum atomic E-state index is 5.77. The number of nitrogens with one attached hydrogen (secondary N) is 2. The topological polar surface area (TPSA) is 81.2 Å². The van der Waals surface area contributed by atoms with Crippen LogP contribution in [-0.2, 0) is 4.74 Å². The smallest absolute Gasteiger partial charge is 0.249 e. The summed E-state index contributed by atoms with van der Waals surface area (Å²) in [4.78, 5) is 4.39. The van der Waals surface area contributed by atoms with E-state index in [2.05, 4.69) is 25.8 Å². The van der Waals surface area contributed by atoms with Crippen LogP contribution in [0, 0.1) is 0 Å². The number of rotatable bonds is 9. The summed E-state index contributed by atoms with van der Waals surface area (Å²) in [7, 11) is 1.69. The van der Waals surface area contributed by atoms with Gasteiger partial charge >= 0.3 is 0 Å². The molecule has 0 amide bonds. The van der Waals surface area contributed by atoms with Crippen molar-refractivity contribution in [2.45, 2.75) is 26.4 Å². The van der Waals surface area contributed by atoms with Crippen LogP contribution in [0.1, 0.15) is 20.3 Å². The van der Waals surface area contributed by atoms with E-state index < -0.39 is 0 Å². The van der Waals surface area contributed by atoms with Crippen molar-refractivity contribution in [3.8, 4) is 5.75 Å². The number of nitrogens with zero attached hydrogens (tertiary/aromatic N) is 3. The molecule has 1 aromatic carbocycles. The lowest BCUT2D eigenvalue weighted by Crippen LogP contribution is -2.10. The van der Waals surface area contributed by atoms with Crippen LogP contribution in [0.2, 0.25) is 0 Å². The lowest BCUT2D eigenvalue weighted by atomic mass is 10.3. The third-order valence-electron chi connectivity index (χ3n) is 2.89. The molecule has 1 aromatic heterocycles. The fourth-order valence-corrected chi connectivity index (χ4v) is 1.92. The zero-order valence-electron chi connectivity index (χ0n) is 13.7. The molecule has 0 bridgehead atoms. The Balaban J connectivity index is 2.03. The van der Waals surface area contributed by atoms with E-state index in [1.165, 1.54) is 0 Å². The highest BCUT2D eigenvalue weighted by atomic mass is 16.5. The van der Waals surface area contributed by atoms with Crippen molar-refractivity contribution in [1.82, 2.24) is 15.2 Å². The number of anilines is 3. The van der Waals surface area contributed by atoms with Crippen molar-refractivity contribution in [2.75, 3.05) is 30.9 Å². The number of methoxy groups -OCH3 is 1. The van der Waals surface area contributed by atoms with Gasteiger partial charge in [0.15, 0.2) is 5.82 Å². The summed E-state index contributed by atoms with van der Waals surface area (Å²) >= 11 is 0. The average molecular weight is 317 g/mol. The predicted octanol–water partition coefficient (Wildman–Crippen LogP) is 2.85. The van der Waals surface area contributed by atoms with Crippen molar-refractivity contribution < 1.29 is 9.47 Å². The Morgan fingerprint density at radius 1 is 1.22 bits per heavy atom. The molecule has 23 heavy (non-hydrogen) atoms. The van der Waals surface area contributed by atoms with E-state index in [0.29, 0.717) is 18.4 Å². The molecule has 2 N–H and O–H groups in total. The first-order valence-electron chi connectivity index (χ1n) is 7.64. The number of benzene rings is 1. The van der Waals surface area contributed by atoms with Gasteiger partial charge in [0.1, 0.15) is 5.75 Å². The van der Waals surface area contributed by atoms with Crippen molar-refractivity contribution in [3.05, 3.63) is 30.5 Å². The van der Waals surface area contributed by atoms with Crippen LogP contribution in [-0.4, -0.2) is 41.5 Å². The Morgan fingerprint density at radius 3 is 2.83 bits per heavy atom. The molecule has 0 unspecified atom stereocenters. The number of aromatic nitrogens is 3. The largest absolute Gasteiger partial charge is 0.489 e. The first-order valence-corrected chi connectivity index (χ1v) is 7.64. The van der Waals surface area contributed by atoms with Crippen LogP contribution >= 0.6 is 0 Å². The molecule has 0 spiro atoms. The van der Waals surface area contributed by atoms with Crippen LogP contribution in [0.4, 0.5) is 17.5 Å². The van der Waals surface area contributed by atoms with E-state index in [1.807, 2.05) is 38.1 Å². The quantitative estimate of drug-likeness (QED) is 0.688. The molecule has 0 aliphatic heterocycles. The second kappa shape index (κ2) is 8.89. The van der Waals surface area contributed by atoms with Crippen molar-refractivity contribution in [3.63, 3.8) is 0 Å². The van der Waals surface area contributed by atoms with E-state index >= 15 is 0 Å². The maximum Gasteiger partial charge on any atom is 0.249 e. The summed E-state index contributed by atoms with van der Waals surface area (Å²) in [6.45, 7) is 5.44. The summed E-state index contributed by atoms with van der Waals surface area (Å²) in [5, 5.41) is 14.3. The van der Waals surface area contributed by atoms with Crippen molar-refractivity contribution in [1.29, 1.82) is 0 Å². The fraction of sp³-hybridized carbons (Fsp3) is 0.438. The van der Waals surface area contributed by atoms with Gasteiger partial charge < -0.3 is 20.1 Å². The second-order valence-corrected chi connectivity index (χ2v) is 5.23. The van der Waals surface area contributed by atoms with Gasteiger partial charge in [-0.3, -0.25) is 0 Å². The number of ether oxygens (including phenoxy) is 2. The molecule has 0 saturated heterocycles. The molecule has 0 atom stereocenters. The molecule has 2 aromatic rings. The fourth-order valence-electron chi connectivity index (χ4n) is 1.92. The van der Waals surface area contributed by atoms with E-state index in [4.69, 9.17) is 9.47 Å². The zero-order chi connectivity index (χ0) is 16.5. The maximum absolute atomic E-state index is 5.77. The van der Waals surface area contributed by atoms with E-state index in [9.17, 15) is 0 Å². The monoisotopic (exact) mass is 317 g/mol. The lowest BCUT2D eigenvalue weighted by molar-refractivity contribution is 0.197. The van der Waals surface area contributed by atoms with Crippen LogP contribution in [0.25, 0.3) is 0 Å². The molecule has 124 valence electrons. The van der Waals surface area contributed by atoms with Gasteiger partial charge in [-0.1, -0.05) is 12.1 Å². The number of hydrogen-bond donors (Lipinski definition) is 2. The SMILES string of the molecule is COCCCNc1cnnc(Nc2ccccc2OC(C)C)n1. The summed E-state index contributed by atoms with van der Waals surface area (Å²) < 4.78 is 10.8. The molecule has 7 nitrogen and oxygen atoms in total.